The molecule has 0 amide bonds. The first-order valence-electron chi connectivity index (χ1n) is 11.2. The maximum atomic E-state index is 13.8. The molecule has 1 N–H and O–H groups in total. The van der Waals surface area contributed by atoms with Gasteiger partial charge in [0.15, 0.2) is 4.80 Å². The summed E-state index contributed by atoms with van der Waals surface area (Å²) in [5, 5.41) is 9.84. The van der Waals surface area contributed by atoms with Gasteiger partial charge < -0.3 is 14.6 Å². The third-order valence-corrected chi connectivity index (χ3v) is 7.02. The lowest BCUT2D eigenvalue weighted by Crippen LogP contribution is -2.40. The minimum Gasteiger partial charge on any atom is -0.508 e. The molecule has 1 aliphatic heterocycles. The number of hydrogen-bond donors (Lipinski definition) is 1. The molecule has 0 saturated heterocycles. The molecule has 9 heteroatoms. The van der Waals surface area contributed by atoms with Crippen LogP contribution in [0.5, 0.6) is 11.5 Å². The highest BCUT2D eigenvalue weighted by Gasteiger charge is 2.36. The van der Waals surface area contributed by atoms with E-state index in [0.717, 1.165) is 10.9 Å². The van der Waals surface area contributed by atoms with Crippen molar-refractivity contribution in [3.8, 4) is 11.5 Å². The Morgan fingerprint density at radius 3 is 2.74 bits per heavy atom. The molecule has 0 bridgehead atoms. The number of fused-ring (bicyclic) bond motifs is 1. The van der Waals surface area contributed by atoms with Gasteiger partial charge in [-0.1, -0.05) is 52.7 Å². The Labute approximate surface area is 214 Å². The maximum absolute atomic E-state index is 13.8. The number of benzene rings is 2. The largest absolute Gasteiger partial charge is 0.508 e. The molecular weight excluding hydrogens is 532 g/mol. The summed E-state index contributed by atoms with van der Waals surface area (Å²) in [6.07, 6.45) is 3.03. The first kappa shape index (κ1) is 24.9. The summed E-state index contributed by atoms with van der Waals surface area (Å²) in [5.74, 6) is 0.146. The van der Waals surface area contributed by atoms with Gasteiger partial charge in [-0.25, -0.2) is 9.79 Å². The number of thiazole rings is 1. The second-order valence-corrected chi connectivity index (χ2v) is 9.82. The fourth-order valence-electron chi connectivity index (χ4n) is 4.10. The third-order valence-electron chi connectivity index (χ3n) is 5.55. The van der Waals surface area contributed by atoms with Gasteiger partial charge in [0, 0.05) is 10.0 Å². The minimum atomic E-state index is -0.773. The lowest BCUT2D eigenvalue weighted by Gasteiger charge is -2.27. The van der Waals surface area contributed by atoms with Gasteiger partial charge in [0.2, 0.25) is 0 Å². The summed E-state index contributed by atoms with van der Waals surface area (Å²) in [5.41, 5.74) is 1.98. The lowest BCUT2D eigenvalue weighted by molar-refractivity contribution is -0.139. The molecule has 35 heavy (non-hydrogen) atoms. The number of phenolic OH excluding ortho intramolecular Hbond substituents is 1. The summed E-state index contributed by atoms with van der Waals surface area (Å²) >= 11 is 4.76. The van der Waals surface area contributed by atoms with E-state index in [2.05, 4.69) is 15.9 Å². The number of carbonyl (C=O) groups excluding carboxylic acids is 1. The van der Waals surface area contributed by atoms with Crippen LogP contribution >= 0.6 is 27.3 Å². The maximum Gasteiger partial charge on any atom is 0.338 e. The number of carbonyl (C=O) groups is 1. The predicted molar refractivity (Wildman–Crippen MR) is 138 cm³/mol. The topological polar surface area (TPSA) is 90.1 Å². The summed E-state index contributed by atoms with van der Waals surface area (Å²) in [6.45, 7) is 3.96. The Balaban J connectivity index is 2.06. The number of allylic oxidation sites excluding steroid dienone is 1. The number of halogens is 1. The number of hydrogen-bond acceptors (Lipinski definition) is 7. The van der Waals surface area contributed by atoms with Crippen LogP contribution in [-0.2, 0) is 9.53 Å². The van der Waals surface area contributed by atoms with Gasteiger partial charge in [0.25, 0.3) is 5.56 Å². The second-order valence-electron chi connectivity index (χ2n) is 7.89. The van der Waals surface area contributed by atoms with Crippen LogP contribution in [0, 0.1) is 0 Å². The molecule has 0 saturated carbocycles. The monoisotopic (exact) mass is 556 g/mol. The highest BCUT2D eigenvalue weighted by atomic mass is 79.9. The van der Waals surface area contributed by atoms with Gasteiger partial charge in [0.1, 0.15) is 17.5 Å². The van der Waals surface area contributed by atoms with Crippen molar-refractivity contribution in [2.24, 2.45) is 4.99 Å². The number of aromatic nitrogens is 1. The molecule has 0 aliphatic carbocycles. The highest BCUT2D eigenvalue weighted by molar-refractivity contribution is 9.10. The smallest absolute Gasteiger partial charge is 0.338 e. The van der Waals surface area contributed by atoms with E-state index in [1.807, 2.05) is 19.1 Å². The van der Waals surface area contributed by atoms with Gasteiger partial charge in [-0.05, 0) is 55.3 Å². The second kappa shape index (κ2) is 10.6. The van der Waals surface area contributed by atoms with E-state index in [1.54, 1.807) is 50.4 Å². The first-order valence-corrected chi connectivity index (χ1v) is 12.8. The normalized spacial score (nSPS) is 15.5. The van der Waals surface area contributed by atoms with E-state index >= 15 is 0 Å². The SMILES string of the molecule is CCCC1=C(C(=O)OCC)[C@@H](c2cc(Br)ccc2OC)n2c(s/c(=C/c3cccc(O)c3)c2=O)=N1. The summed E-state index contributed by atoms with van der Waals surface area (Å²) in [7, 11) is 1.55. The van der Waals surface area contributed by atoms with E-state index in [1.165, 1.54) is 15.9 Å². The van der Waals surface area contributed by atoms with Crippen molar-refractivity contribution in [2.45, 2.75) is 32.7 Å². The van der Waals surface area contributed by atoms with Crippen LogP contribution in [0.25, 0.3) is 6.08 Å². The molecule has 0 unspecified atom stereocenters. The van der Waals surface area contributed by atoms with Crippen molar-refractivity contribution in [3.05, 3.63) is 89.0 Å². The molecule has 3 aromatic rings. The van der Waals surface area contributed by atoms with Crippen LogP contribution in [-0.4, -0.2) is 29.4 Å². The predicted octanol–water partition coefficient (Wildman–Crippen LogP) is 4.06. The van der Waals surface area contributed by atoms with E-state index < -0.39 is 12.0 Å². The van der Waals surface area contributed by atoms with E-state index in [-0.39, 0.29) is 17.9 Å². The van der Waals surface area contributed by atoms with Crippen LogP contribution in [0.15, 0.2) is 68.0 Å². The van der Waals surface area contributed by atoms with Gasteiger partial charge in [-0.3, -0.25) is 9.36 Å². The first-order chi connectivity index (χ1) is 16.9. The van der Waals surface area contributed by atoms with Crippen LogP contribution in [0.3, 0.4) is 0 Å². The zero-order valence-electron chi connectivity index (χ0n) is 19.6. The Bertz CT molecular complexity index is 1490. The lowest BCUT2D eigenvalue weighted by atomic mass is 9.93. The zero-order chi connectivity index (χ0) is 25.1. The van der Waals surface area contributed by atoms with Crippen LogP contribution < -0.4 is 19.6 Å². The minimum absolute atomic E-state index is 0.109. The zero-order valence-corrected chi connectivity index (χ0v) is 22.0. The van der Waals surface area contributed by atoms with Gasteiger partial charge in [-0.15, -0.1) is 0 Å². The Morgan fingerprint density at radius 1 is 1.26 bits per heavy atom. The molecule has 1 aromatic heterocycles. The van der Waals surface area contributed by atoms with Crippen molar-refractivity contribution in [3.63, 3.8) is 0 Å². The number of phenols is 1. The molecule has 2 aromatic carbocycles. The van der Waals surface area contributed by atoms with E-state index in [9.17, 15) is 14.7 Å². The fourth-order valence-corrected chi connectivity index (χ4v) is 5.50. The van der Waals surface area contributed by atoms with Gasteiger partial charge in [0.05, 0.1) is 29.5 Å². The molecule has 0 spiro atoms. The average molecular weight is 557 g/mol. The van der Waals surface area contributed by atoms with Crippen molar-refractivity contribution < 1.29 is 19.4 Å². The highest BCUT2D eigenvalue weighted by Crippen LogP contribution is 2.38. The quantitative estimate of drug-likeness (QED) is 0.443. The van der Waals surface area contributed by atoms with Crippen LogP contribution in [0.4, 0.5) is 0 Å². The number of methoxy groups -OCH3 is 1. The molecule has 0 radical (unpaired) electrons. The number of rotatable bonds is 7. The summed E-state index contributed by atoms with van der Waals surface area (Å²) in [4.78, 5) is 32.3. The summed E-state index contributed by atoms with van der Waals surface area (Å²) < 4.78 is 13.8. The van der Waals surface area contributed by atoms with Crippen molar-refractivity contribution in [2.75, 3.05) is 13.7 Å². The summed E-state index contributed by atoms with van der Waals surface area (Å²) in [6, 6.07) is 11.4. The van der Waals surface area contributed by atoms with E-state index in [0.29, 0.717) is 43.9 Å². The molecular formula is C26H25BrN2O5S. The van der Waals surface area contributed by atoms with Gasteiger partial charge >= 0.3 is 5.97 Å². The third kappa shape index (κ3) is 4.97. The van der Waals surface area contributed by atoms with Gasteiger partial charge in [-0.2, -0.15) is 0 Å². The van der Waals surface area contributed by atoms with Crippen molar-refractivity contribution >= 4 is 39.3 Å². The Hall–Kier alpha value is -3.17. The Kier molecular flexibility index (Phi) is 7.57. The Morgan fingerprint density at radius 2 is 2.06 bits per heavy atom. The number of esters is 1. The fraction of sp³-hybridized carbons (Fsp3) is 0.269. The van der Waals surface area contributed by atoms with Crippen molar-refractivity contribution in [1.82, 2.24) is 4.57 Å². The van der Waals surface area contributed by atoms with Crippen LogP contribution in [0.2, 0.25) is 0 Å². The van der Waals surface area contributed by atoms with E-state index in [4.69, 9.17) is 14.5 Å². The standard InChI is InChI=1S/C26H25BrN2O5S/c1-4-7-19-22(25(32)34-5-2)23(18-14-16(27)10-11-20(18)33-3)29-24(31)21(35-26(29)28-19)13-15-8-6-9-17(30)12-15/h6,8-14,23,30H,4-5,7H2,1-3H3/b21-13+/t23-/m1/s1. The number of aromatic hydroxyl groups is 1. The molecule has 4 rings (SSSR count). The van der Waals surface area contributed by atoms with Crippen molar-refractivity contribution in [1.29, 1.82) is 0 Å². The average Bonchev–Trinajstić information content (AvgIpc) is 3.13. The molecule has 7 nitrogen and oxygen atoms in total. The molecule has 2 heterocycles. The molecule has 0 fully saturated rings. The molecule has 1 atom stereocenters. The number of nitrogens with zero attached hydrogens (tertiary/aromatic N) is 2. The number of ether oxygens (including phenoxy) is 2. The molecule has 182 valence electrons. The van der Waals surface area contributed by atoms with Crippen LogP contribution in [0.1, 0.15) is 43.9 Å². The molecule has 1 aliphatic rings.